The Morgan fingerprint density at radius 2 is 0.955 bits per heavy atom. The minimum atomic E-state index is 0.151. The maximum Gasteiger partial charge on any atom is 0.194 e. The molecule has 1 aliphatic carbocycles. The van der Waals surface area contributed by atoms with Gasteiger partial charge in [-0.2, -0.15) is 0 Å². The van der Waals surface area contributed by atoms with E-state index in [0.717, 1.165) is 44.5 Å². The monoisotopic (exact) mass is 288 g/mol. The fourth-order valence-electron chi connectivity index (χ4n) is 3.20. The lowest BCUT2D eigenvalue weighted by Gasteiger charge is -2.10. The van der Waals surface area contributed by atoms with Gasteiger partial charge in [0.25, 0.3) is 0 Å². The third-order valence-corrected chi connectivity index (χ3v) is 4.60. The van der Waals surface area contributed by atoms with Gasteiger partial charge in [-0.3, -0.25) is 4.79 Å². The van der Waals surface area contributed by atoms with Crippen LogP contribution in [0.2, 0.25) is 0 Å². The minimum absolute atomic E-state index is 0.151. The molecule has 2 aromatic carbocycles. The summed E-state index contributed by atoms with van der Waals surface area (Å²) < 4.78 is 0. The average molecular weight is 288 g/mol. The lowest BCUT2D eigenvalue weighted by molar-refractivity contribution is -0.108. The van der Waals surface area contributed by atoms with E-state index in [4.69, 9.17) is 0 Å². The number of aryl methyl sites for hydroxylation is 2. The molecule has 110 valence electrons. The van der Waals surface area contributed by atoms with Gasteiger partial charge in [-0.05, 0) is 61.1 Å². The van der Waals surface area contributed by atoms with Gasteiger partial charge in [0, 0.05) is 11.1 Å². The van der Waals surface area contributed by atoms with E-state index in [1.165, 1.54) is 0 Å². The van der Waals surface area contributed by atoms with E-state index in [0.29, 0.717) is 0 Å². The van der Waals surface area contributed by atoms with Crippen LogP contribution in [-0.2, 0) is 4.79 Å². The zero-order valence-electron chi connectivity index (χ0n) is 13.5. The Balaban J connectivity index is 2.16. The number of benzene rings is 2. The van der Waals surface area contributed by atoms with Crippen LogP contribution in [0, 0.1) is 13.8 Å². The second kappa shape index (κ2) is 5.42. The number of rotatable bonds is 2. The number of hydrogen-bond donors (Lipinski definition) is 0. The molecule has 2 aromatic rings. The molecule has 0 radical (unpaired) electrons. The molecular weight excluding hydrogens is 268 g/mol. The van der Waals surface area contributed by atoms with Crippen molar-refractivity contribution in [2.75, 3.05) is 0 Å². The summed E-state index contributed by atoms with van der Waals surface area (Å²) in [7, 11) is 0. The lowest BCUT2D eigenvalue weighted by atomic mass is 9.92. The van der Waals surface area contributed by atoms with Crippen LogP contribution in [0.15, 0.2) is 59.7 Å². The Kier molecular flexibility index (Phi) is 3.58. The summed E-state index contributed by atoms with van der Waals surface area (Å²) in [5.74, 6) is 0.151. The molecule has 0 unspecified atom stereocenters. The highest BCUT2D eigenvalue weighted by Crippen LogP contribution is 2.41. The second-order valence-electron chi connectivity index (χ2n) is 5.96. The van der Waals surface area contributed by atoms with E-state index in [-0.39, 0.29) is 5.78 Å². The van der Waals surface area contributed by atoms with Crippen molar-refractivity contribution in [2.45, 2.75) is 27.7 Å². The first-order valence-corrected chi connectivity index (χ1v) is 7.61. The molecule has 0 aliphatic heterocycles. The maximum absolute atomic E-state index is 13.1. The summed E-state index contributed by atoms with van der Waals surface area (Å²) in [6.07, 6.45) is 0. The molecule has 0 saturated heterocycles. The Morgan fingerprint density at radius 3 is 1.32 bits per heavy atom. The van der Waals surface area contributed by atoms with Gasteiger partial charge in [0.2, 0.25) is 0 Å². The summed E-state index contributed by atoms with van der Waals surface area (Å²) in [6.45, 7) is 8.23. The van der Waals surface area contributed by atoms with Crippen LogP contribution < -0.4 is 0 Å². The predicted octanol–water partition coefficient (Wildman–Crippen LogP) is 5.13. The van der Waals surface area contributed by atoms with Crippen molar-refractivity contribution in [3.63, 3.8) is 0 Å². The summed E-state index contributed by atoms with van der Waals surface area (Å²) in [6, 6.07) is 16.2. The van der Waals surface area contributed by atoms with E-state index in [1.54, 1.807) is 0 Å². The van der Waals surface area contributed by atoms with Gasteiger partial charge in [0.15, 0.2) is 5.78 Å². The number of Topliss-reactive ketones (excluding diaryl/α,β-unsaturated/α-hetero) is 1. The molecule has 1 aliphatic rings. The second-order valence-corrected chi connectivity index (χ2v) is 5.96. The molecule has 0 fully saturated rings. The fraction of sp³-hybridized carbons (Fsp3) is 0.190. The van der Waals surface area contributed by atoms with Gasteiger partial charge in [0.1, 0.15) is 0 Å². The van der Waals surface area contributed by atoms with Crippen molar-refractivity contribution in [1.29, 1.82) is 0 Å². The zero-order chi connectivity index (χ0) is 15.9. The molecule has 0 heterocycles. The third-order valence-electron chi connectivity index (χ3n) is 4.60. The maximum atomic E-state index is 13.1. The highest BCUT2D eigenvalue weighted by Gasteiger charge is 2.30. The first-order valence-electron chi connectivity index (χ1n) is 7.61. The molecule has 22 heavy (non-hydrogen) atoms. The molecule has 0 spiro atoms. The Bertz CT molecular complexity index is 765. The van der Waals surface area contributed by atoms with Gasteiger partial charge in [-0.1, -0.05) is 48.5 Å². The van der Waals surface area contributed by atoms with Crippen LogP contribution in [0.25, 0.3) is 11.1 Å². The standard InChI is InChI=1S/C21H20O/c1-13-9-5-7-11-17(13)19-15(3)16(4)20(21(19)22)18-12-8-6-10-14(18)2/h5-12H,1-4H3. The lowest BCUT2D eigenvalue weighted by Crippen LogP contribution is -2.04. The highest BCUT2D eigenvalue weighted by molar-refractivity contribution is 6.47. The number of hydrogen-bond acceptors (Lipinski definition) is 1. The molecular formula is C21H20O. The summed E-state index contributed by atoms with van der Waals surface area (Å²) in [4.78, 5) is 13.1. The van der Waals surface area contributed by atoms with Gasteiger partial charge in [-0.25, -0.2) is 0 Å². The van der Waals surface area contributed by atoms with Crippen molar-refractivity contribution in [2.24, 2.45) is 0 Å². The quantitative estimate of drug-likeness (QED) is 0.748. The largest absolute Gasteiger partial charge is 0.289 e. The number of carbonyl (C=O) groups is 1. The molecule has 0 aromatic heterocycles. The predicted molar refractivity (Wildman–Crippen MR) is 92.6 cm³/mol. The zero-order valence-corrected chi connectivity index (χ0v) is 13.5. The Hall–Kier alpha value is -2.41. The Morgan fingerprint density at radius 1 is 0.591 bits per heavy atom. The van der Waals surface area contributed by atoms with Crippen molar-refractivity contribution in [3.05, 3.63) is 81.9 Å². The SMILES string of the molecule is CC1=C(c2ccccc2C)C(=O)C(c2ccccc2C)=C1C. The van der Waals surface area contributed by atoms with Crippen LogP contribution in [-0.4, -0.2) is 5.78 Å². The molecule has 1 nitrogen and oxygen atoms in total. The van der Waals surface area contributed by atoms with E-state index >= 15 is 0 Å². The van der Waals surface area contributed by atoms with Gasteiger partial charge < -0.3 is 0 Å². The normalized spacial score (nSPS) is 15.0. The van der Waals surface area contributed by atoms with Crippen molar-refractivity contribution >= 4 is 16.9 Å². The Labute approximate surface area is 132 Å². The third kappa shape index (κ3) is 2.14. The topological polar surface area (TPSA) is 17.1 Å². The average Bonchev–Trinajstić information content (AvgIpc) is 2.72. The van der Waals surface area contributed by atoms with Gasteiger partial charge in [0.05, 0.1) is 0 Å². The summed E-state index contributed by atoms with van der Waals surface area (Å²) >= 11 is 0. The van der Waals surface area contributed by atoms with Crippen LogP contribution >= 0.6 is 0 Å². The fourth-order valence-corrected chi connectivity index (χ4v) is 3.20. The molecule has 0 N–H and O–H groups in total. The molecule has 0 bridgehead atoms. The van der Waals surface area contributed by atoms with E-state index in [9.17, 15) is 4.79 Å². The molecule has 1 heteroatoms. The number of carbonyl (C=O) groups excluding carboxylic acids is 1. The van der Waals surface area contributed by atoms with Crippen LogP contribution in [0.3, 0.4) is 0 Å². The molecule has 0 atom stereocenters. The van der Waals surface area contributed by atoms with Crippen molar-refractivity contribution in [1.82, 2.24) is 0 Å². The first kappa shape index (κ1) is 14.5. The van der Waals surface area contributed by atoms with Crippen LogP contribution in [0.1, 0.15) is 36.1 Å². The minimum Gasteiger partial charge on any atom is -0.289 e. The van der Waals surface area contributed by atoms with E-state index in [2.05, 4.69) is 39.8 Å². The molecule has 0 amide bonds. The summed E-state index contributed by atoms with van der Waals surface area (Å²) in [5.41, 5.74) is 8.28. The van der Waals surface area contributed by atoms with Crippen molar-refractivity contribution < 1.29 is 4.79 Å². The van der Waals surface area contributed by atoms with E-state index < -0.39 is 0 Å². The van der Waals surface area contributed by atoms with E-state index in [1.807, 2.05) is 36.4 Å². The smallest absolute Gasteiger partial charge is 0.194 e. The number of allylic oxidation sites excluding steroid dienone is 4. The first-order chi connectivity index (χ1) is 10.5. The van der Waals surface area contributed by atoms with Crippen LogP contribution in [0.4, 0.5) is 0 Å². The highest BCUT2D eigenvalue weighted by atomic mass is 16.1. The summed E-state index contributed by atoms with van der Waals surface area (Å²) in [5, 5.41) is 0. The van der Waals surface area contributed by atoms with Crippen LogP contribution in [0.5, 0.6) is 0 Å². The molecule has 0 saturated carbocycles. The van der Waals surface area contributed by atoms with Crippen molar-refractivity contribution in [3.8, 4) is 0 Å². The molecule has 3 rings (SSSR count). The van der Waals surface area contributed by atoms with Gasteiger partial charge >= 0.3 is 0 Å². The van der Waals surface area contributed by atoms with Gasteiger partial charge in [-0.15, -0.1) is 0 Å². The number of ketones is 1.